The highest BCUT2D eigenvalue weighted by atomic mass is 16.3. The van der Waals surface area contributed by atoms with Crippen LogP contribution in [0, 0.1) is 0 Å². The second kappa shape index (κ2) is 2.53. The molecule has 4 nitrogen and oxygen atoms in total. The number of carbonyl (C=O) groups is 1. The quantitative estimate of drug-likeness (QED) is 0.583. The van der Waals surface area contributed by atoms with Crippen molar-refractivity contribution in [3.63, 3.8) is 0 Å². The van der Waals surface area contributed by atoms with Gasteiger partial charge in [-0.3, -0.25) is 4.79 Å². The standard InChI is InChI=1S/C6H8N2O2/c7-6(10)5-2-1-3-8(5)4-9/h1-3,9H,4H2,(H2,7,10). The maximum Gasteiger partial charge on any atom is 0.265 e. The molecule has 10 heavy (non-hydrogen) atoms. The molecule has 1 amide bonds. The molecule has 1 aromatic heterocycles. The van der Waals surface area contributed by atoms with Gasteiger partial charge in [-0.2, -0.15) is 0 Å². The van der Waals surface area contributed by atoms with E-state index in [-0.39, 0.29) is 6.73 Å². The number of carbonyl (C=O) groups excluding carboxylic acids is 1. The smallest absolute Gasteiger partial charge is 0.265 e. The highest BCUT2D eigenvalue weighted by Gasteiger charge is 2.03. The summed E-state index contributed by atoms with van der Waals surface area (Å²) in [7, 11) is 0. The number of nitrogens with zero attached hydrogens (tertiary/aromatic N) is 1. The van der Waals surface area contributed by atoms with Gasteiger partial charge in [-0.15, -0.1) is 0 Å². The van der Waals surface area contributed by atoms with Gasteiger partial charge in [0.2, 0.25) is 0 Å². The van der Waals surface area contributed by atoms with Crippen LogP contribution >= 0.6 is 0 Å². The molecule has 0 saturated carbocycles. The van der Waals surface area contributed by atoms with E-state index < -0.39 is 5.91 Å². The predicted molar refractivity (Wildman–Crippen MR) is 35.2 cm³/mol. The topological polar surface area (TPSA) is 68.2 Å². The molecule has 0 unspecified atom stereocenters. The number of aliphatic hydroxyl groups excluding tert-OH is 1. The van der Waals surface area contributed by atoms with Crippen LogP contribution < -0.4 is 5.73 Å². The number of aliphatic hydroxyl groups is 1. The summed E-state index contributed by atoms with van der Waals surface area (Å²) in [6, 6.07) is 3.20. The molecule has 1 aromatic rings. The maximum absolute atomic E-state index is 10.5. The Balaban J connectivity index is 3.01. The third-order valence-corrected chi connectivity index (χ3v) is 1.23. The Labute approximate surface area is 57.9 Å². The highest BCUT2D eigenvalue weighted by Crippen LogP contribution is 1.98. The summed E-state index contributed by atoms with van der Waals surface area (Å²) < 4.78 is 1.36. The van der Waals surface area contributed by atoms with Gasteiger partial charge < -0.3 is 15.4 Å². The summed E-state index contributed by atoms with van der Waals surface area (Å²) in [5.74, 6) is -0.529. The van der Waals surface area contributed by atoms with Crippen molar-refractivity contribution in [3.8, 4) is 0 Å². The van der Waals surface area contributed by atoms with Crippen molar-refractivity contribution in [1.82, 2.24) is 4.57 Å². The van der Waals surface area contributed by atoms with Gasteiger partial charge in [0.05, 0.1) is 0 Å². The Morgan fingerprint density at radius 3 is 2.90 bits per heavy atom. The van der Waals surface area contributed by atoms with Gasteiger partial charge in [-0.05, 0) is 12.1 Å². The molecule has 3 N–H and O–H groups in total. The van der Waals surface area contributed by atoms with Crippen molar-refractivity contribution < 1.29 is 9.90 Å². The Kier molecular flexibility index (Phi) is 1.73. The largest absolute Gasteiger partial charge is 0.376 e. The minimum Gasteiger partial charge on any atom is -0.376 e. The van der Waals surface area contributed by atoms with Gasteiger partial charge >= 0.3 is 0 Å². The fourth-order valence-corrected chi connectivity index (χ4v) is 0.761. The van der Waals surface area contributed by atoms with E-state index in [0.717, 1.165) is 0 Å². The van der Waals surface area contributed by atoms with Crippen LogP contribution in [0.2, 0.25) is 0 Å². The third kappa shape index (κ3) is 1.01. The van der Waals surface area contributed by atoms with Gasteiger partial charge in [0.1, 0.15) is 12.4 Å². The molecule has 0 aliphatic heterocycles. The minimum atomic E-state index is -0.529. The zero-order valence-electron chi connectivity index (χ0n) is 5.32. The molecule has 1 rings (SSSR count). The van der Waals surface area contributed by atoms with Crippen LogP contribution in [0.4, 0.5) is 0 Å². The molecule has 1 heterocycles. The van der Waals surface area contributed by atoms with Crippen LogP contribution in [0.5, 0.6) is 0 Å². The van der Waals surface area contributed by atoms with E-state index in [1.165, 1.54) is 4.57 Å². The Hall–Kier alpha value is -1.29. The molecule has 0 aliphatic rings. The van der Waals surface area contributed by atoms with Gasteiger partial charge in [-0.25, -0.2) is 0 Å². The lowest BCUT2D eigenvalue weighted by Crippen LogP contribution is -2.16. The number of amides is 1. The first-order valence-corrected chi connectivity index (χ1v) is 2.81. The van der Waals surface area contributed by atoms with Crippen LogP contribution in [0.25, 0.3) is 0 Å². The van der Waals surface area contributed by atoms with Crippen LogP contribution in [0.1, 0.15) is 10.5 Å². The van der Waals surface area contributed by atoms with Gasteiger partial charge in [0.25, 0.3) is 5.91 Å². The number of hydrogen-bond donors (Lipinski definition) is 2. The lowest BCUT2D eigenvalue weighted by molar-refractivity contribution is 0.0980. The van der Waals surface area contributed by atoms with E-state index in [4.69, 9.17) is 10.8 Å². The van der Waals surface area contributed by atoms with E-state index >= 15 is 0 Å². The first-order valence-electron chi connectivity index (χ1n) is 2.81. The summed E-state index contributed by atoms with van der Waals surface area (Å²) >= 11 is 0. The molecule has 0 fully saturated rings. The van der Waals surface area contributed by atoms with E-state index in [9.17, 15) is 4.79 Å². The number of rotatable bonds is 2. The number of hydrogen-bond acceptors (Lipinski definition) is 2. The van der Waals surface area contributed by atoms with Crippen LogP contribution in [0.15, 0.2) is 18.3 Å². The van der Waals surface area contributed by atoms with Gasteiger partial charge in [0.15, 0.2) is 0 Å². The van der Waals surface area contributed by atoms with Crippen molar-refractivity contribution in [2.24, 2.45) is 5.73 Å². The molecule has 0 bridgehead atoms. The average Bonchev–Trinajstić information content (AvgIpc) is 2.33. The van der Waals surface area contributed by atoms with Gasteiger partial charge in [0, 0.05) is 6.20 Å². The first kappa shape index (κ1) is 6.82. The molecular formula is C6H8N2O2. The van der Waals surface area contributed by atoms with Crippen molar-refractivity contribution in [3.05, 3.63) is 24.0 Å². The van der Waals surface area contributed by atoms with Crippen molar-refractivity contribution in [2.75, 3.05) is 0 Å². The van der Waals surface area contributed by atoms with Gasteiger partial charge in [-0.1, -0.05) is 0 Å². The molecular weight excluding hydrogens is 132 g/mol. The molecule has 0 radical (unpaired) electrons. The molecule has 0 spiro atoms. The summed E-state index contributed by atoms with van der Waals surface area (Å²) in [5.41, 5.74) is 5.29. The van der Waals surface area contributed by atoms with E-state index in [1.807, 2.05) is 0 Å². The highest BCUT2D eigenvalue weighted by molar-refractivity contribution is 5.91. The van der Waals surface area contributed by atoms with Crippen molar-refractivity contribution >= 4 is 5.91 Å². The van der Waals surface area contributed by atoms with E-state index in [0.29, 0.717) is 5.69 Å². The Morgan fingerprint density at radius 2 is 2.50 bits per heavy atom. The molecule has 0 aromatic carbocycles. The van der Waals surface area contributed by atoms with Crippen LogP contribution in [-0.2, 0) is 6.73 Å². The summed E-state index contributed by atoms with van der Waals surface area (Å²) in [4.78, 5) is 10.5. The Morgan fingerprint density at radius 1 is 1.80 bits per heavy atom. The average molecular weight is 140 g/mol. The Bertz CT molecular complexity index is 242. The second-order valence-electron chi connectivity index (χ2n) is 1.87. The predicted octanol–water partition coefficient (Wildman–Crippen LogP) is -0.463. The first-order chi connectivity index (χ1) is 4.75. The van der Waals surface area contributed by atoms with Crippen LogP contribution in [0.3, 0.4) is 0 Å². The van der Waals surface area contributed by atoms with Crippen LogP contribution in [-0.4, -0.2) is 15.6 Å². The number of primary amides is 1. The second-order valence-corrected chi connectivity index (χ2v) is 1.87. The van der Waals surface area contributed by atoms with Crippen molar-refractivity contribution in [1.29, 1.82) is 0 Å². The molecule has 4 heteroatoms. The fourth-order valence-electron chi connectivity index (χ4n) is 0.761. The molecule has 0 aliphatic carbocycles. The summed E-state index contributed by atoms with van der Waals surface area (Å²) in [6.07, 6.45) is 1.58. The minimum absolute atomic E-state index is 0.217. The zero-order valence-corrected chi connectivity index (χ0v) is 5.32. The SMILES string of the molecule is NC(=O)c1cccn1CO. The maximum atomic E-state index is 10.5. The number of aromatic nitrogens is 1. The summed E-state index contributed by atoms with van der Waals surface area (Å²) in [5, 5.41) is 8.61. The molecule has 0 saturated heterocycles. The summed E-state index contributed by atoms with van der Waals surface area (Å²) in [6.45, 7) is -0.217. The fraction of sp³-hybridized carbons (Fsp3) is 0.167. The zero-order chi connectivity index (χ0) is 7.56. The molecule has 54 valence electrons. The lowest BCUT2D eigenvalue weighted by atomic mass is 10.4. The lowest BCUT2D eigenvalue weighted by Gasteiger charge is -1.99. The normalized spacial score (nSPS) is 9.70. The monoisotopic (exact) mass is 140 g/mol. The third-order valence-electron chi connectivity index (χ3n) is 1.23. The van der Waals surface area contributed by atoms with Crippen molar-refractivity contribution in [2.45, 2.75) is 6.73 Å². The van der Waals surface area contributed by atoms with E-state index in [1.54, 1.807) is 18.3 Å². The van der Waals surface area contributed by atoms with E-state index in [2.05, 4.69) is 0 Å². The molecule has 0 atom stereocenters. The number of nitrogens with two attached hydrogens (primary N) is 1.